The van der Waals surface area contributed by atoms with E-state index in [0.29, 0.717) is 26.2 Å². The quantitative estimate of drug-likeness (QED) is 0.669. The fourth-order valence-corrected chi connectivity index (χ4v) is 1.92. The third-order valence-corrected chi connectivity index (χ3v) is 2.88. The second kappa shape index (κ2) is 10.4. The van der Waals surface area contributed by atoms with Gasteiger partial charge in [-0.2, -0.15) is 0 Å². The molecule has 4 heteroatoms. The Hall–Kier alpha value is -1.39. The van der Waals surface area contributed by atoms with Crippen LogP contribution in [0.15, 0.2) is 30.3 Å². The molecular formula is C16H25NO3. The molecule has 0 radical (unpaired) electrons. The molecule has 0 atom stereocenters. The maximum atomic E-state index is 11.7. The van der Waals surface area contributed by atoms with Gasteiger partial charge in [0.05, 0.1) is 6.54 Å². The minimum absolute atomic E-state index is 0.0466. The van der Waals surface area contributed by atoms with Gasteiger partial charge in [-0.3, -0.25) is 4.79 Å². The van der Waals surface area contributed by atoms with Crippen LogP contribution in [0.4, 0.5) is 0 Å². The number of carbonyl (C=O) groups is 1. The van der Waals surface area contributed by atoms with Crippen LogP contribution in [0.5, 0.6) is 0 Å². The average molecular weight is 279 g/mol. The maximum Gasteiger partial charge on any atom is 0.220 e. The van der Waals surface area contributed by atoms with Crippen LogP contribution >= 0.6 is 0 Å². The Bertz CT molecular complexity index is 361. The molecule has 0 saturated heterocycles. The van der Waals surface area contributed by atoms with Crippen molar-refractivity contribution in [1.82, 2.24) is 5.32 Å². The molecule has 0 bridgehead atoms. The second-order valence-corrected chi connectivity index (χ2v) is 4.48. The van der Waals surface area contributed by atoms with Gasteiger partial charge in [0.2, 0.25) is 5.91 Å². The zero-order valence-electron chi connectivity index (χ0n) is 12.4. The monoisotopic (exact) mass is 279 g/mol. The summed E-state index contributed by atoms with van der Waals surface area (Å²) in [4.78, 5) is 11.7. The van der Waals surface area contributed by atoms with Crippen LogP contribution in [-0.2, 0) is 20.7 Å². The Morgan fingerprint density at radius 2 is 1.80 bits per heavy atom. The summed E-state index contributed by atoms with van der Waals surface area (Å²) in [5.41, 5.74) is 1.27. The number of ether oxygens (including phenoxy) is 2. The highest BCUT2D eigenvalue weighted by atomic mass is 16.7. The number of hydrogen-bond acceptors (Lipinski definition) is 3. The van der Waals surface area contributed by atoms with E-state index >= 15 is 0 Å². The van der Waals surface area contributed by atoms with Gasteiger partial charge >= 0.3 is 0 Å². The third kappa shape index (κ3) is 7.26. The summed E-state index contributed by atoms with van der Waals surface area (Å²) in [5, 5.41) is 2.85. The lowest BCUT2D eigenvalue weighted by atomic mass is 10.1. The van der Waals surface area contributed by atoms with Gasteiger partial charge in [-0.15, -0.1) is 0 Å². The zero-order chi connectivity index (χ0) is 14.6. The molecule has 0 aliphatic heterocycles. The van der Waals surface area contributed by atoms with E-state index in [9.17, 15) is 4.79 Å². The Morgan fingerprint density at radius 1 is 1.15 bits per heavy atom. The molecule has 0 unspecified atom stereocenters. The molecule has 1 rings (SSSR count). The van der Waals surface area contributed by atoms with E-state index in [-0.39, 0.29) is 12.2 Å². The third-order valence-electron chi connectivity index (χ3n) is 2.88. The highest BCUT2D eigenvalue weighted by Crippen LogP contribution is 2.04. The molecule has 1 N–H and O–H groups in total. The normalized spacial score (nSPS) is 10.8. The SMILES string of the molecule is CCOC(CNC(=O)CCCc1ccccc1)OCC. The van der Waals surface area contributed by atoms with Gasteiger partial charge in [-0.25, -0.2) is 0 Å². The Labute approximate surface area is 121 Å². The molecule has 0 aliphatic rings. The molecule has 0 aliphatic carbocycles. The van der Waals surface area contributed by atoms with E-state index in [1.165, 1.54) is 5.56 Å². The molecule has 1 aromatic rings. The Kier molecular flexibility index (Phi) is 8.67. The fourth-order valence-electron chi connectivity index (χ4n) is 1.92. The largest absolute Gasteiger partial charge is 0.351 e. The number of nitrogens with one attached hydrogen (secondary N) is 1. The summed E-state index contributed by atoms with van der Waals surface area (Å²) >= 11 is 0. The Balaban J connectivity index is 2.16. The Morgan fingerprint density at radius 3 is 2.40 bits per heavy atom. The smallest absolute Gasteiger partial charge is 0.220 e. The molecule has 0 fully saturated rings. The van der Waals surface area contributed by atoms with Crippen LogP contribution < -0.4 is 5.32 Å². The van der Waals surface area contributed by atoms with Crippen molar-refractivity contribution in [3.63, 3.8) is 0 Å². The average Bonchev–Trinajstić information content (AvgIpc) is 2.46. The number of hydrogen-bond donors (Lipinski definition) is 1. The number of benzene rings is 1. The van der Waals surface area contributed by atoms with Crippen LogP contribution in [0.25, 0.3) is 0 Å². The standard InChI is InChI=1S/C16H25NO3/c1-3-19-16(20-4-2)13-17-15(18)12-8-11-14-9-6-5-7-10-14/h5-7,9-10,16H,3-4,8,11-13H2,1-2H3,(H,17,18). The first kappa shape index (κ1) is 16.7. The number of rotatable bonds is 10. The van der Waals surface area contributed by atoms with Crippen LogP contribution in [0.2, 0.25) is 0 Å². The molecule has 0 spiro atoms. The van der Waals surface area contributed by atoms with E-state index in [1.807, 2.05) is 32.0 Å². The van der Waals surface area contributed by atoms with Crippen molar-refractivity contribution in [2.45, 2.75) is 39.4 Å². The number of carbonyl (C=O) groups excluding carboxylic acids is 1. The van der Waals surface area contributed by atoms with E-state index in [2.05, 4.69) is 17.4 Å². The first-order valence-electron chi connectivity index (χ1n) is 7.30. The minimum Gasteiger partial charge on any atom is -0.351 e. The molecule has 0 aromatic heterocycles. The van der Waals surface area contributed by atoms with Gasteiger partial charge in [0.25, 0.3) is 0 Å². The van der Waals surface area contributed by atoms with Gasteiger partial charge in [0.1, 0.15) is 0 Å². The van der Waals surface area contributed by atoms with Crippen LogP contribution in [-0.4, -0.2) is 32.0 Å². The summed E-state index contributed by atoms with van der Waals surface area (Å²) in [7, 11) is 0. The van der Waals surface area contributed by atoms with Crippen molar-refractivity contribution in [3.05, 3.63) is 35.9 Å². The molecule has 1 amide bonds. The first-order valence-corrected chi connectivity index (χ1v) is 7.30. The highest BCUT2D eigenvalue weighted by Gasteiger charge is 2.09. The lowest BCUT2D eigenvalue weighted by molar-refractivity contribution is -0.140. The molecule has 1 aromatic carbocycles. The molecular weight excluding hydrogens is 254 g/mol. The molecule has 112 valence electrons. The van der Waals surface area contributed by atoms with E-state index in [4.69, 9.17) is 9.47 Å². The van der Waals surface area contributed by atoms with Crippen LogP contribution in [0.3, 0.4) is 0 Å². The zero-order valence-corrected chi connectivity index (χ0v) is 12.4. The van der Waals surface area contributed by atoms with Gasteiger partial charge in [0, 0.05) is 19.6 Å². The van der Waals surface area contributed by atoms with Crippen LogP contribution in [0, 0.1) is 0 Å². The lowest BCUT2D eigenvalue weighted by Gasteiger charge is -2.17. The van der Waals surface area contributed by atoms with Crippen molar-refractivity contribution < 1.29 is 14.3 Å². The van der Waals surface area contributed by atoms with Gasteiger partial charge in [-0.1, -0.05) is 30.3 Å². The fraction of sp³-hybridized carbons (Fsp3) is 0.562. The van der Waals surface area contributed by atoms with Gasteiger partial charge in [-0.05, 0) is 32.3 Å². The van der Waals surface area contributed by atoms with Crippen molar-refractivity contribution in [1.29, 1.82) is 0 Å². The molecule has 0 saturated carbocycles. The number of aryl methyl sites for hydroxylation is 1. The first-order chi connectivity index (χ1) is 9.76. The molecule has 20 heavy (non-hydrogen) atoms. The highest BCUT2D eigenvalue weighted by molar-refractivity contribution is 5.75. The van der Waals surface area contributed by atoms with E-state index in [1.54, 1.807) is 0 Å². The second-order valence-electron chi connectivity index (χ2n) is 4.48. The van der Waals surface area contributed by atoms with Crippen molar-refractivity contribution in [3.8, 4) is 0 Å². The van der Waals surface area contributed by atoms with Crippen molar-refractivity contribution in [2.75, 3.05) is 19.8 Å². The maximum absolute atomic E-state index is 11.7. The van der Waals surface area contributed by atoms with Gasteiger partial charge in [0.15, 0.2) is 6.29 Å². The summed E-state index contributed by atoms with van der Waals surface area (Å²) < 4.78 is 10.7. The molecule has 4 nitrogen and oxygen atoms in total. The van der Waals surface area contributed by atoms with Crippen LogP contribution in [0.1, 0.15) is 32.3 Å². The van der Waals surface area contributed by atoms with E-state index < -0.39 is 0 Å². The molecule has 0 heterocycles. The summed E-state index contributed by atoms with van der Waals surface area (Å²) in [6, 6.07) is 10.2. The van der Waals surface area contributed by atoms with E-state index in [0.717, 1.165) is 12.8 Å². The summed E-state index contributed by atoms with van der Waals surface area (Å²) in [6.45, 7) is 5.39. The number of amides is 1. The predicted octanol–water partition coefficient (Wildman–Crippen LogP) is 2.52. The lowest BCUT2D eigenvalue weighted by Crippen LogP contribution is -2.35. The summed E-state index contributed by atoms with van der Waals surface area (Å²) in [5.74, 6) is 0.0466. The van der Waals surface area contributed by atoms with Gasteiger partial charge < -0.3 is 14.8 Å². The summed E-state index contributed by atoms with van der Waals surface area (Å²) in [6.07, 6.45) is 1.96. The topological polar surface area (TPSA) is 47.6 Å². The van der Waals surface area contributed by atoms with Crippen molar-refractivity contribution in [2.24, 2.45) is 0 Å². The predicted molar refractivity (Wildman–Crippen MR) is 79.4 cm³/mol. The minimum atomic E-state index is -0.344. The van der Waals surface area contributed by atoms with Crippen molar-refractivity contribution >= 4 is 5.91 Å².